The quantitative estimate of drug-likeness (QED) is 0.284. The molecule has 0 saturated carbocycles. The number of aryl methyl sites for hydroxylation is 1. The predicted octanol–water partition coefficient (Wildman–Crippen LogP) is 9.00. The van der Waals surface area contributed by atoms with E-state index in [-0.39, 0.29) is 0 Å². The molecule has 5 rings (SSSR count). The largest absolute Gasteiger partial charge is 0.338 e. The van der Waals surface area contributed by atoms with E-state index in [0.717, 1.165) is 5.02 Å². The second-order valence-electron chi connectivity index (χ2n) is 8.21. The molecule has 0 amide bonds. The van der Waals surface area contributed by atoms with Crippen molar-refractivity contribution in [3.63, 3.8) is 0 Å². The van der Waals surface area contributed by atoms with Gasteiger partial charge in [-0.2, -0.15) is 0 Å². The van der Waals surface area contributed by atoms with Crippen molar-refractivity contribution in [1.82, 2.24) is 0 Å². The highest BCUT2D eigenvalue weighted by Gasteiger charge is 2.23. The lowest BCUT2D eigenvalue weighted by Gasteiger charge is -2.13. The van der Waals surface area contributed by atoms with Gasteiger partial charge >= 0.3 is 0 Å². The van der Waals surface area contributed by atoms with Crippen LogP contribution < -0.4 is 4.90 Å². The summed E-state index contributed by atoms with van der Waals surface area (Å²) in [5.41, 5.74) is 4.91. The van der Waals surface area contributed by atoms with E-state index in [1.807, 2.05) is 17.8 Å². The van der Waals surface area contributed by atoms with Crippen LogP contribution in [-0.4, -0.2) is 7.05 Å². The third-order valence-corrected chi connectivity index (χ3v) is 7.49. The molecule has 0 fully saturated rings. The molecule has 32 heavy (non-hydrogen) atoms. The van der Waals surface area contributed by atoms with Crippen LogP contribution in [0, 0.1) is 6.92 Å². The molecule has 0 N–H and O–H groups in total. The van der Waals surface area contributed by atoms with E-state index in [9.17, 15) is 0 Å². The maximum atomic E-state index is 6.27. The molecule has 0 aromatic heterocycles. The minimum atomic E-state index is 0.767. The Morgan fingerprint density at radius 3 is 2.66 bits per heavy atom. The first-order chi connectivity index (χ1) is 15.5. The van der Waals surface area contributed by atoms with Crippen molar-refractivity contribution in [3.05, 3.63) is 112 Å². The Morgan fingerprint density at radius 1 is 0.938 bits per heavy atom. The van der Waals surface area contributed by atoms with Gasteiger partial charge in [-0.15, -0.1) is 0 Å². The van der Waals surface area contributed by atoms with Gasteiger partial charge in [0.05, 0.1) is 10.7 Å². The van der Waals surface area contributed by atoms with Gasteiger partial charge in [0.1, 0.15) is 0 Å². The highest BCUT2D eigenvalue weighted by Crippen LogP contribution is 2.48. The molecule has 1 aliphatic heterocycles. The first-order valence-electron chi connectivity index (χ1n) is 10.7. The van der Waals surface area contributed by atoms with E-state index in [1.165, 1.54) is 53.9 Å². The van der Waals surface area contributed by atoms with Crippen molar-refractivity contribution >= 4 is 56.7 Å². The minimum absolute atomic E-state index is 0.767. The monoisotopic (exact) mass is 453 g/mol. The van der Waals surface area contributed by atoms with Crippen molar-refractivity contribution in [3.8, 4) is 0 Å². The van der Waals surface area contributed by atoms with Crippen LogP contribution in [0.3, 0.4) is 0 Å². The fraction of sp³-hybridized carbons (Fsp3) is 0.103. The van der Waals surface area contributed by atoms with Crippen LogP contribution in [0.4, 0.5) is 5.69 Å². The number of benzene rings is 4. The van der Waals surface area contributed by atoms with Gasteiger partial charge in [-0.3, -0.25) is 0 Å². The Morgan fingerprint density at radius 2 is 1.78 bits per heavy atom. The van der Waals surface area contributed by atoms with Gasteiger partial charge in [-0.25, -0.2) is 0 Å². The molecule has 1 aliphatic rings. The van der Waals surface area contributed by atoms with E-state index in [4.69, 9.17) is 11.6 Å². The summed E-state index contributed by atoms with van der Waals surface area (Å²) in [6, 6.07) is 23.5. The molecule has 0 radical (unpaired) electrons. The molecular formula is C29H24ClNS. The van der Waals surface area contributed by atoms with E-state index >= 15 is 0 Å². The number of halogens is 1. The predicted molar refractivity (Wildman–Crippen MR) is 143 cm³/mol. The van der Waals surface area contributed by atoms with Gasteiger partial charge in [0, 0.05) is 17.0 Å². The third kappa shape index (κ3) is 3.85. The Bertz CT molecular complexity index is 1440. The molecule has 0 unspecified atom stereocenters. The van der Waals surface area contributed by atoms with Gasteiger partial charge in [-0.05, 0) is 70.8 Å². The highest BCUT2D eigenvalue weighted by molar-refractivity contribution is 8.04. The van der Waals surface area contributed by atoms with E-state index in [0.29, 0.717) is 0 Å². The zero-order valence-corrected chi connectivity index (χ0v) is 20.0. The van der Waals surface area contributed by atoms with Gasteiger partial charge in [0.2, 0.25) is 0 Å². The van der Waals surface area contributed by atoms with Crippen molar-refractivity contribution in [2.75, 3.05) is 11.9 Å². The number of hydrogen-bond donors (Lipinski definition) is 0. The zero-order chi connectivity index (χ0) is 22.2. The molecule has 0 spiro atoms. The van der Waals surface area contributed by atoms with Crippen LogP contribution >= 0.6 is 23.4 Å². The van der Waals surface area contributed by atoms with Crippen molar-refractivity contribution in [2.24, 2.45) is 0 Å². The van der Waals surface area contributed by atoms with E-state index in [2.05, 4.69) is 111 Å². The SMILES string of the molecule is CC(C=Cc1ccc(C)c2ccc(Cl)cc12)=CC=C1Sc2c(ccc3ccccc23)N1C. The first-order valence-corrected chi connectivity index (χ1v) is 11.9. The second kappa shape index (κ2) is 8.54. The van der Waals surface area contributed by atoms with E-state index < -0.39 is 0 Å². The topological polar surface area (TPSA) is 3.24 Å². The molecule has 4 aromatic carbocycles. The maximum Gasteiger partial charge on any atom is 0.0799 e. The number of allylic oxidation sites excluding steroid dienone is 4. The molecule has 0 saturated heterocycles. The standard InChI is InChI=1S/C29H24ClNS/c1-19(8-11-22-12-10-20(2)24-15-14-23(30)18-26(22)24)9-17-28-31(3)27-16-13-21-6-4-5-7-25(21)29(27)32-28/h4-18H,1-3H3. The molecule has 4 aromatic rings. The number of anilines is 1. The zero-order valence-electron chi connectivity index (χ0n) is 18.4. The summed E-state index contributed by atoms with van der Waals surface area (Å²) in [7, 11) is 2.14. The second-order valence-corrected chi connectivity index (χ2v) is 9.67. The van der Waals surface area contributed by atoms with Crippen molar-refractivity contribution < 1.29 is 0 Å². The van der Waals surface area contributed by atoms with Crippen molar-refractivity contribution in [2.45, 2.75) is 18.7 Å². The van der Waals surface area contributed by atoms with Crippen LogP contribution in [0.2, 0.25) is 5.02 Å². The lowest BCUT2D eigenvalue weighted by atomic mass is 9.99. The Balaban J connectivity index is 1.42. The van der Waals surface area contributed by atoms with Crippen LogP contribution in [0.1, 0.15) is 18.1 Å². The average molecular weight is 454 g/mol. The molecule has 3 heteroatoms. The lowest BCUT2D eigenvalue weighted by molar-refractivity contribution is 1.18. The summed E-state index contributed by atoms with van der Waals surface area (Å²) >= 11 is 8.11. The summed E-state index contributed by atoms with van der Waals surface area (Å²) < 4.78 is 0. The van der Waals surface area contributed by atoms with Gasteiger partial charge < -0.3 is 4.90 Å². The van der Waals surface area contributed by atoms with Crippen LogP contribution in [0.15, 0.2) is 100 Å². The molecular weight excluding hydrogens is 430 g/mol. The number of rotatable bonds is 3. The Labute approximate surface area is 198 Å². The lowest BCUT2D eigenvalue weighted by Crippen LogP contribution is -2.09. The minimum Gasteiger partial charge on any atom is -0.338 e. The smallest absolute Gasteiger partial charge is 0.0799 e. The normalized spacial score (nSPS) is 15.4. The molecule has 0 aliphatic carbocycles. The number of nitrogens with zero attached hydrogens (tertiary/aromatic N) is 1. The van der Waals surface area contributed by atoms with Gasteiger partial charge in [-0.1, -0.05) is 95.7 Å². The number of thioether (sulfide) groups is 1. The molecule has 158 valence electrons. The third-order valence-electron chi connectivity index (χ3n) is 6.00. The summed E-state index contributed by atoms with van der Waals surface area (Å²) in [5.74, 6) is 0. The van der Waals surface area contributed by atoms with Crippen molar-refractivity contribution in [1.29, 1.82) is 0 Å². The summed E-state index contributed by atoms with van der Waals surface area (Å²) in [6.45, 7) is 4.27. The average Bonchev–Trinajstić information content (AvgIpc) is 3.13. The fourth-order valence-corrected chi connectivity index (χ4v) is 5.52. The summed E-state index contributed by atoms with van der Waals surface area (Å²) in [5, 5.41) is 7.03. The molecule has 0 bridgehead atoms. The van der Waals surface area contributed by atoms with Crippen LogP contribution in [0.25, 0.3) is 27.6 Å². The summed E-state index contributed by atoms with van der Waals surface area (Å²) in [6.07, 6.45) is 8.75. The molecule has 1 heterocycles. The van der Waals surface area contributed by atoms with Crippen LogP contribution in [0.5, 0.6) is 0 Å². The maximum absolute atomic E-state index is 6.27. The first kappa shape index (κ1) is 20.9. The van der Waals surface area contributed by atoms with Crippen LogP contribution in [-0.2, 0) is 0 Å². The summed E-state index contributed by atoms with van der Waals surface area (Å²) in [4.78, 5) is 3.61. The van der Waals surface area contributed by atoms with Gasteiger partial charge in [0.25, 0.3) is 0 Å². The Kier molecular flexibility index (Phi) is 5.58. The fourth-order valence-electron chi connectivity index (χ4n) is 4.16. The van der Waals surface area contributed by atoms with E-state index in [1.54, 1.807) is 0 Å². The number of hydrogen-bond acceptors (Lipinski definition) is 2. The number of fused-ring (bicyclic) bond motifs is 4. The van der Waals surface area contributed by atoms with Gasteiger partial charge in [0.15, 0.2) is 0 Å². The Hall–Kier alpha value is -2.94. The highest BCUT2D eigenvalue weighted by atomic mass is 35.5. The molecule has 0 atom stereocenters. The molecule has 1 nitrogen and oxygen atoms in total.